The van der Waals surface area contributed by atoms with E-state index in [-0.39, 0.29) is 31.1 Å². The number of aromatic nitrogens is 3. The highest BCUT2D eigenvalue weighted by atomic mass is 16.4. The van der Waals surface area contributed by atoms with Crippen LogP contribution >= 0.6 is 0 Å². The van der Waals surface area contributed by atoms with Crippen molar-refractivity contribution in [3.8, 4) is 0 Å². The number of hydrogen-bond donors (Lipinski definition) is 8. The molecule has 9 N–H and O–H groups in total. The molecule has 3 rings (SSSR count). The molecular formula is C34H50N8O6. The predicted molar refractivity (Wildman–Crippen MR) is 181 cm³/mol. The molecule has 2 aromatic heterocycles. The van der Waals surface area contributed by atoms with Gasteiger partial charge in [0.05, 0.1) is 12.4 Å². The quantitative estimate of drug-likeness (QED) is 0.0996. The minimum absolute atomic E-state index is 0.0144. The topological polar surface area (TPSA) is 224 Å². The van der Waals surface area contributed by atoms with E-state index < -0.39 is 65.7 Å². The van der Waals surface area contributed by atoms with Gasteiger partial charge in [0.15, 0.2) is 0 Å². The minimum Gasteiger partial charge on any atom is -0.480 e. The van der Waals surface area contributed by atoms with Crippen LogP contribution in [0.4, 0.5) is 0 Å². The highest BCUT2D eigenvalue weighted by molar-refractivity contribution is 5.96. The van der Waals surface area contributed by atoms with Crippen molar-refractivity contribution < 1.29 is 29.1 Å². The Kier molecular flexibility index (Phi) is 13.7. The van der Waals surface area contributed by atoms with Crippen molar-refractivity contribution in [2.45, 2.75) is 97.4 Å². The summed E-state index contributed by atoms with van der Waals surface area (Å²) in [6, 6.07) is 2.19. The van der Waals surface area contributed by atoms with E-state index in [1.165, 1.54) is 6.33 Å². The number of aliphatic carboxylic acids is 1. The number of rotatable bonds is 18. The Balaban J connectivity index is 1.72. The van der Waals surface area contributed by atoms with Crippen molar-refractivity contribution in [2.24, 2.45) is 23.5 Å². The van der Waals surface area contributed by atoms with Crippen LogP contribution in [0.25, 0.3) is 10.9 Å². The number of carbonyl (C=O) groups is 5. The number of fused-ring (bicyclic) bond motifs is 1. The van der Waals surface area contributed by atoms with Crippen LogP contribution < -0.4 is 27.0 Å². The van der Waals surface area contributed by atoms with Crippen LogP contribution in [0, 0.1) is 17.8 Å². The zero-order valence-electron chi connectivity index (χ0n) is 28.5. The summed E-state index contributed by atoms with van der Waals surface area (Å²) in [5, 5.41) is 21.7. The molecule has 0 fully saturated rings. The maximum absolute atomic E-state index is 13.7. The average Bonchev–Trinajstić information content (AvgIpc) is 3.70. The summed E-state index contributed by atoms with van der Waals surface area (Å²) in [5.41, 5.74) is 8.36. The van der Waals surface area contributed by atoms with Crippen molar-refractivity contribution in [3.05, 3.63) is 54.2 Å². The lowest BCUT2D eigenvalue weighted by Crippen LogP contribution is -2.60. The number of hydrogen-bond acceptors (Lipinski definition) is 7. The first kappa shape index (κ1) is 37.7. The summed E-state index contributed by atoms with van der Waals surface area (Å²) in [7, 11) is 0. The smallest absolute Gasteiger partial charge is 0.326 e. The minimum atomic E-state index is -1.25. The van der Waals surface area contributed by atoms with E-state index in [2.05, 4.69) is 36.2 Å². The first-order valence-electron chi connectivity index (χ1n) is 16.4. The van der Waals surface area contributed by atoms with Gasteiger partial charge < -0.3 is 42.1 Å². The fraction of sp³-hybridized carbons (Fsp3) is 0.529. The number of carboxylic acid groups (broad SMARTS) is 1. The Morgan fingerprint density at radius 3 is 2.08 bits per heavy atom. The average molecular weight is 667 g/mol. The zero-order valence-corrected chi connectivity index (χ0v) is 28.5. The zero-order chi connectivity index (χ0) is 35.5. The first-order chi connectivity index (χ1) is 22.7. The van der Waals surface area contributed by atoms with Crippen LogP contribution in [0.3, 0.4) is 0 Å². The molecule has 262 valence electrons. The molecule has 0 aliphatic carbocycles. The molecule has 14 heteroatoms. The fourth-order valence-electron chi connectivity index (χ4n) is 5.42. The van der Waals surface area contributed by atoms with E-state index in [1.54, 1.807) is 26.2 Å². The molecule has 3 aromatic rings. The second-order valence-corrected chi connectivity index (χ2v) is 13.1. The van der Waals surface area contributed by atoms with E-state index in [0.717, 1.165) is 16.5 Å². The summed E-state index contributed by atoms with van der Waals surface area (Å²) < 4.78 is 0. The Labute approximate surface area is 280 Å². The van der Waals surface area contributed by atoms with E-state index in [4.69, 9.17) is 5.73 Å². The number of amides is 4. The highest BCUT2D eigenvalue weighted by Crippen LogP contribution is 2.19. The molecule has 0 saturated carbocycles. The molecule has 0 radical (unpaired) electrons. The lowest BCUT2D eigenvalue weighted by molar-refractivity contribution is -0.142. The van der Waals surface area contributed by atoms with Gasteiger partial charge in [-0.2, -0.15) is 0 Å². The largest absolute Gasteiger partial charge is 0.480 e. The number of benzene rings is 1. The van der Waals surface area contributed by atoms with E-state index >= 15 is 0 Å². The van der Waals surface area contributed by atoms with Crippen LogP contribution in [0.15, 0.2) is 43.0 Å². The second kappa shape index (κ2) is 17.4. The molecule has 2 heterocycles. The van der Waals surface area contributed by atoms with Gasteiger partial charge in [0.2, 0.25) is 23.6 Å². The van der Waals surface area contributed by atoms with Gasteiger partial charge in [-0.05, 0) is 35.8 Å². The third-order valence-corrected chi connectivity index (χ3v) is 8.43. The van der Waals surface area contributed by atoms with Crippen molar-refractivity contribution in [3.63, 3.8) is 0 Å². The number of nitrogens with one attached hydrogen (secondary N) is 6. The number of imidazole rings is 1. The lowest BCUT2D eigenvalue weighted by atomic mass is 9.95. The fourth-order valence-corrected chi connectivity index (χ4v) is 5.42. The van der Waals surface area contributed by atoms with Gasteiger partial charge in [-0.25, -0.2) is 9.78 Å². The van der Waals surface area contributed by atoms with Crippen molar-refractivity contribution in [1.82, 2.24) is 36.2 Å². The molecule has 0 aliphatic rings. The van der Waals surface area contributed by atoms with Gasteiger partial charge >= 0.3 is 5.97 Å². The van der Waals surface area contributed by atoms with E-state index in [9.17, 15) is 29.1 Å². The number of nitrogens with two attached hydrogens (primary N) is 1. The summed E-state index contributed by atoms with van der Waals surface area (Å²) in [4.78, 5) is 75.9. The molecule has 14 nitrogen and oxygen atoms in total. The van der Waals surface area contributed by atoms with Crippen LogP contribution in [-0.2, 0) is 36.8 Å². The third kappa shape index (κ3) is 10.4. The normalized spacial score (nSPS) is 15.3. The molecular weight excluding hydrogens is 616 g/mol. The summed E-state index contributed by atoms with van der Waals surface area (Å²) in [6.45, 7) is 11.0. The highest BCUT2D eigenvalue weighted by Gasteiger charge is 2.34. The molecule has 0 saturated heterocycles. The Morgan fingerprint density at radius 2 is 1.48 bits per heavy atom. The van der Waals surface area contributed by atoms with Crippen LogP contribution in [0.2, 0.25) is 0 Å². The van der Waals surface area contributed by atoms with Crippen LogP contribution in [-0.4, -0.2) is 79.9 Å². The molecule has 0 unspecified atom stereocenters. The molecule has 0 bridgehead atoms. The molecule has 6 atom stereocenters. The molecule has 0 aliphatic heterocycles. The molecule has 1 aromatic carbocycles. The van der Waals surface area contributed by atoms with Crippen LogP contribution in [0.5, 0.6) is 0 Å². The number of aromatic amines is 2. The second-order valence-electron chi connectivity index (χ2n) is 13.1. The maximum atomic E-state index is 13.7. The van der Waals surface area contributed by atoms with Crippen molar-refractivity contribution in [1.29, 1.82) is 0 Å². The monoisotopic (exact) mass is 666 g/mol. The van der Waals surface area contributed by atoms with Crippen LogP contribution in [0.1, 0.15) is 65.6 Å². The van der Waals surface area contributed by atoms with E-state index in [1.807, 2.05) is 52.0 Å². The van der Waals surface area contributed by atoms with Crippen molar-refractivity contribution in [2.75, 3.05) is 0 Å². The number of H-pyrrole nitrogens is 2. The van der Waals surface area contributed by atoms with E-state index in [0.29, 0.717) is 12.1 Å². The number of para-hydroxylation sites is 1. The molecule has 48 heavy (non-hydrogen) atoms. The standard InChI is InChI=1S/C34H50N8O6/c1-7-20(6)29(42-30(43)24(35)14-22-16-36-17-38-22)33(46)39-26(12-18(2)3)31(44)41-28(19(4)5)32(45)40-27(34(47)48)13-21-15-37-25-11-9-8-10-23(21)25/h8-11,15-20,24,26-29,37H,7,12-14,35H2,1-6H3,(H,36,38)(H,39,46)(H,40,45)(H,41,44)(H,42,43)(H,47,48)/t20-,24-,26-,27-,28-,29-/m0/s1. The predicted octanol–water partition coefficient (Wildman–Crippen LogP) is 1.78. The SMILES string of the molecule is CC[C@H](C)[C@H](NC(=O)[C@@H](N)Cc1cnc[nH]1)C(=O)N[C@@H](CC(C)C)C(=O)N[C@H](C(=O)N[C@@H](Cc1c[nH]c2ccccc12)C(=O)O)C(C)C. The summed E-state index contributed by atoms with van der Waals surface area (Å²) in [6.07, 6.45) is 5.81. The Morgan fingerprint density at radius 1 is 0.833 bits per heavy atom. The van der Waals surface area contributed by atoms with Gasteiger partial charge in [-0.15, -0.1) is 0 Å². The number of carboxylic acids is 1. The summed E-state index contributed by atoms with van der Waals surface area (Å²) >= 11 is 0. The summed E-state index contributed by atoms with van der Waals surface area (Å²) in [5.74, 6) is -4.25. The number of nitrogens with zero attached hydrogens (tertiary/aromatic N) is 1. The first-order valence-corrected chi connectivity index (χ1v) is 16.4. The van der Waals surface area contributed by atoms with Gasteiger partial charge in [0.25, 0.3) is 0 Å². The van der Waals surface area contributed by atoms with Gasteiger partial charge in [0.1, 0.15) is 24.2 Å². The molecule has 4 amide bonds. The van der Waals surface area contributed by atoms with Gasteiger partial charge in [-0.1, -0.05) is 66.2 Å². The Bertz CT molecular complexity index is 1540. The maximum Gasteiger partial charge on any atom is 0.326 e. The van der Waals surface area contributed by atoms with Gasteiger partial charge in [0, 0.05) is 41.8 Å². The third-order valence-electron chi connectivity index (χ3n) is 8.43. The number of carbonyl (C=O) groups excluding carboxylic acids is 4. The Hall–Kier alpha value is -4.72. The van der Waals surface area contributed by atoms with Crippen molar-refractivity contribution >= 4 is 40.5 Å². The molecule has 0 spiro atoms. The van der Waals surface area contributed by atoms with Gasteiger partial charge in [-0.3, -0.25) is 19.2 Å². The lowest BCUT2D eigenvalue weighted by Gasteiger charge is -2.30.